The van der Waals surface area contributed by atoms with E-state index in [1.54, 1.807) is 31.4 Å². The molecule has 170 valence electrons. The highest BCUT2D eigenvalue weighted by atomic mass is 32.2. The van der Waals surface area contributed by atoms with Crippen LogP contribution >= 0.6 is 11.8 Å². The van der Waals surface area contributed by atoms with Gasteiger partial charge in [-0.05, 0) is 49.4 Å². The van der Waals surface area contributed by atoms with Crippen molar-refractivity contribution in [3.63, 3.8) is 0 Å². The van der Waals surface area contributed by atoms with Gasteiger partial charge in [0.25, 0.3) is 0 Å². The molecule has 11 heteroatoms. The Kier molecular flexibility index (Phi) is 7.62. The highest BCUT2D eigenvalue weighted by molar-refractivity contribution is 7.99. The molecular weight excluding hydrogens is 445 g/mol. The smallest absolute Gasteiger partial charge is 0.416 e. The van der Waals surface area contributed by atoms with Crippen molar-refractivity contribution in [2.45, 2.75) is 31.4 Å². The summed E-state index contributed by atoms with van der Waals surface area (Å²) in [6.07, 6.45) is -4.47. The third-order valence-electron chi connectivity index (χ3n) is 4.34. The number of nitrogens with one attached hydrogen (secondary N) is 1. The summed E-state index contributed by atoms with van der Waals surface area (Å²) in [5.74, 6) is 1.47. The summed E-state index contributed by atoms with van der Waals surface area (Å²) in [4.78, 5) is 12.2. The second kappa shape index (κ2) is 10.4. The minimum atomic E-state index is -4.47. The first kappa shape index (κ1) is 23.5. The fraction of sp³-hybridized carbons (Fsp3) is 0.286. The van der Waals surface area contributed by atoms with Gasteiger partial charge in [-0.1, -0.05) is 17.8 Å². The van der Waals surface area contributed by atoms with Crippen molar-refractivity contribution < 1.29 is 27.4 Å². The molecule has 0 aliphatic heterocycles. The maximum Gasteiger partial charge on any atom is 0.416 e. The van der Waals surface area contributed by atoms with Gasteiger partial charge in [-0.25, -0.2) is 0 Å². The normalized spacial score (nSPS) is 11.3. The number of thioether (sulfide) groups is 1. The number of hydrogen-bond acceptors (Lipinski definition) is 6. The number of ether oxygens (including phenoxy) is 2. The first-order chi connectivity index (χ1) is 15.3. The van der Waals surface area contributed by atoms with E-state index < -0.39 is 17.6 Å². The Bertz CT molecular complexity index is 1060. The largest absolute Gasteiger partial charge is 0.497 e. The van der Waals surface area contributed by atoms with E-state index in [-0.39, 0.29) is 18.0 Å². The Morgan fingerprint density at radius 3 is 2.50 bits per heavy atom. The fourth-order valence-corrected chi connectivity index (χ4v) is 3.59. The molecule has 3 aromatic rings. The number of aromatic nitrogens is 3. The van der Waals surface area contributed by atoms with E-state index in [0.29, 0.717) is 23.3 Å². The van der Waals surface area contributed by atoms with E-state index in [1.807, 2.05) is 11.5 Å². The molecular formula is C21H21F3N4O3S. The molecule has 2 aromatic carbocycles. The number of rotatable bonds is 9. The highest BCUT2D eigenvalue weighted by Crippen LogP contribution is 2.30. The molecule has 32 heavy (non-hydrogen) atoms. The van der Waals surface area contributed by atoms with Crippen LogP contribution in [0.25, 0.3) is 0 Å². The van der Waals surface area contributed by atoms with Crippen LogP contribution in [-0.4, -0.2) is 33.5 Å². The first-order valence-corrected chi connectivity index (χ1v) is 10.6. The summed E-state index contributed by atoms with van der Waals surface area (Å²) in [7, 11) is 1.58. The van der Waals surface area contributed by atoms with Gasteiger partial charge in [0.2, 0.25) is 5.91 Å². The van der Waals surface area contributed by atoms with Crippen molar-refractivity contribution >= 4 is 23.4 Å². The molecule has 1 heterocycles. The minimum absolute atomic E-state index is 0.0340. The summed E-state index contributed by atoms with van der Waals surface area (Å²) in [5, 5.41) is 11.2. The molecule has 0 saturated carbocycles. The van der Waals surface area contributed by atoms with E-state index in [4.69, 9.17) is 9.47 Å². The van der Waals surface area contributed by atoms with Gasteiger partial charge in [0.1, 0.15) is 18.1 Å². The zero-order chi connectivity index (χ0) is 23.1. The number of amides is 1. The fourth-order valence-electron chi connectivity index (χ4n) is 2.77. The van der Waals surface area contributed by atoms with Crippen LogP contribution in [0.5, 0.6) is 11.5 Å². The van der Waals surface area contributed by atoms with Crippen LogP contribution in [-0.2, 0) is 24.1 Å². The first-order valence-electron chi connectivity index (χ1n) is 9.59. The monoisotopic (exact) mass is 466 g/mol. The number of carbonyl (C=O) groups excluding carboxylic acids is 1. The Balaban J connectivity index is 1.57. The molecule has 3 rings (SSSR count). The van der Waals surface area contributed by atoms with Crippen molar-refractivity contribution in [1.29, 1.82) is 0 Å². The quantitative estimate of drug-likeness (QED) is 0.463. The maximum atomic E-state index is 12.8. The predicted molar refractivity (Wildman–Crippen MR) is 114 cm³/mol. The van der Waals surface area contributed by atoms with Crippen molar-refractivity contribution in [2.24, 2.45) is 0 Å². The van der Waals surface area contributed by atoms with Crippen molar-refractivity contribution in [1.82, 2.24) is 14.8 Å². The predicted octanol–water partition coefficient (Wildman–Crippen LogP) is 4.64. The number of carbonyl (C=O) groups is 1. The van der Waals surface area contributed by atoms with Gasteiger partial charge < -0.3 is 19.4 Å². The summed E-state index contributed by atoms with van der Waals surface area (Å²) in [6.45, 7) is 2.66. The molecule has 0 unspecified atom stereocenters. The lowest BCUT2D eigenvalue weighted by Crippen LogP contribution is -2.15. The summed E-state index contributed by atoms with van der Waals surface area (Å²) in [5.41, 5.74) is -0.744. The second-order valence-electron chi connectivity index (χ2n) is 6.52. The lowest BCUT2D eigenvalue weighted by atomic mass is 10.2. The number of hydrogen-bond donors (Lipinski definition) is 1. The second-order valence-corrected chi connectivity index (χ2v) is 7.47. The summed E-state index contributed by atoms with van der Waals surface area (Å²) < 4.78 is 51.1. The molecule has 0 radical (unpaired) electrons. The number of alkyl halides is 3. The van der Waals surface area contributed by atoms with Crippen LogP contribution in [0.1, 0.15) is 18.3 Å². The average Bonchev–Trinajstić information content (AvgIpc) is 3.18. The molecule has 0 aliphatic carbocycles. The van der Waals surface area contributed by atoms with E-state index in [0.717, 1.165) is 29.6 Å². The molecule has 1 aromatic heterocycles. The van der Waals surface area contributed by atoms with E-state index in [1.165, 1.54) is 12.1 Å². The van der Waals surface area contributed by atoms with Gasteiger partial charge in [0.05, 0.1) is 18.4 Å². The Labute approximate surface area is 186 Å². The molecule has 0 spiro atoms. The van der Waals surface area contributed by atoms with Crippen molar-refractivity contribution in [3.8, 4) is 11.5 Å². The topological polar surface area (TPSA) is 78.3 Å². The third kappa shape index (κ3) is 6.16. The van der Waals surface area contributed by atoms with E-state index >= 15 is 0 Å². The molecule has 0 fully saturated rings. The van der Waals surface area contributed by atoms with E-state index in [9.17, 15) is 18.0 Å². The zero-order valence-corrected chi connectivity index (χ0v) is 18.2. The Morgan fingerprint density at radius 1 is 1.12 bits per heavy atom. The SMILES string of the molecule is CCn1c(COc2ccc(OC)cc2)nnc1SCC(=O)Nc1cccc(C(F)(F)F)c1. The van der Waals surface area contributed by atoms with Gasteiger partial charge in [0, 0.05) is 12.2 Å². The molecule has 0 bridgehead atoms. The Hall–Kier alpha value is -3.21. The number of methoxy groups -OCH3 is 1. The zero-order valence-electron chi connectivity index (χ0n) is 17.3. The molecule has 7 nitrogen and oxygen atoms in total. The standard InChI is InChI=1S/C21H21F3N4O3S/c1-3-28-18(12-31-17-9-7-16(30-2)8-10-17)26-27-20(28)32-13-19(29)25-15-6-4-5-14(11-15)21(22,23)24/h4-11H,3,12-13H2,1-2H3,(H,25,29). The third-order valence-corrected chi connectivity index (χ3v) is 5.31. The summed E-state index contributed by atoms with van der Waals surface area (Å²) in [6, 6.07) is 11.6. The van der Waals surface area contributed by atoms with Crippen LogP contribution in [0.3, 0.4) is 0 Å². The van der Waals surface area contributed by atoms with Crippen LogP contribution in [0, 0.1) is 0 Å². The highest BCUT2D eigenvalue weighted by Gasteiger charge is 2.30. The molecule has 1 N–H and O–H groups in total. The molecule has 1 amide bonds. The lowest BCUT2D eigenvalue weighted by Gasteiger charge is -2.10. The van der Waals surface area contributed by atoms with Crippen LogP contribution < -0.4 is 14.8 Å². The number of anilines is 1. The molecule has 0 aliphatic rings. The maximum absolute atomic E-state index is 12.8. The van der Waals surface area contributed by atoms with Crippen LogP contribution in [0.15, 0.2) is 53.7 Å². The molecule has 0 atom stereocenters. The number of nitrogens with zero attached hydrogens (tertiary/aromatic N) is 3. The van der Waals surface area contributed by atoms with Gasteiger partial charge in [0.15, 0.2) is 11.0 Å². The van der Waals surface area contributed by atoms with Crippen molar-refractivity contribution in [3.05, 3.63) is 59.9 Å². The summed E-state index contributed by atoms with van der Waals surface area (Å²) >= 11 is 1.14. The Morgan fingerprint density at radius 2 is 1.84 bits per heavy atom. The minimum Gasteiger partial charge on any atom is -0.497 e. The lowest BCUT2D eigenvalue weighted by molar-refractivity contribution is -0.137. The van der Waals surface area contributed by atoms with Gasteiger partial charge in [-0.15, -0.1) is 10.2 Å². The van der Waals surface area contributed by atoms with Gasteiger partial charge in [-0.2, -0.15) is 13.2 Å². The molecule has 0 saturated heterocycles. The number of halogens is 3. The van der Waals surface area contributed by atoms with Crippen LogP contribution in [0.4, 0.5) is 18.9 Å². The van der Waals surface area contributed by atoms with E-state index in [2.05, 4.69) is 15.5 Å². The van der Waals surface area contributed by atoms with Gasteiger partial charge >= 0.3 is 6.18 Å². The van der Waals surface area contributed by atoms with Crippen LogP contribution in [0.2, 0.25) is 0 Å². The number of benzene rings is 2. The van der Waals surface area contributed by atoms with Gasteiger partial charge in [-0.3, -0.25) is 4.79 Å². The average molecular weight is 466 g/mol. The van der Waals surface area contributed by atoms with Crippen molar-refractivity contribution in [2.75, 3.05) is 18.2 Å².